The van der Waals surface area contributed by atoms with Gasteiger partial charge >= 0.3 is 0 Å². The summed E-state index contributed by atoms with van der Waals surface area (Å²) in [5, 5.41) is 0.764. The zero-order valence-electron chi connectivity index (χ0n) is 9.10. The van der Waals surface area contributed by atoms with E-state index < -0.39 is 0 Å². The van der Waals surface area contributed by atoms with E-state index in [1.54, 1.807) is 6.07 Å². The first-order chi connectivity index (χ1) is 7.18. The van der Waals surface area contributed by atoms with Gasteiger partial charge in [0.1, 0.15) is 5.82 Å². The van der Waals surface area contributed by atoms with Crippen molar-refractivity contribution in [3.05, 3.63) is 40.3 Å². The number of halogens is 1. The van der Waals surface area contributed by atoms with Crippen LogP contribution in [0.5, 0.6) is 0 Å². The third-order valence-corrected chi connectivity index (χ3v) is 2.29. The van der Waals surface area contributed by atoms with Gasteiger partial charge in [-0.25, -0.2) is 4.39 Å². The molecule has 1 N–H and O–H groups in total. The first-order valence-electron chi connectivity index (χ1n) is 4.96. The fourth-order valence-corrected chi connectivity index (χ4v) is 1.71. The number of fused-ring (bicyclic) bond motifs is 1. The minimum Gasteiger partial charge on any atom is -0.356 e. The van der Waals surface area contributed by atoms with Gasteiger partial charge in [0, 0.05) is 17.0 Å². The number of rotatable bonds is 0. The van der Waals surface area contributed by atoms with E-state index in [9.17, 15) is 4.39 Å². The fraction of sp³-hybridized carbons (Fsp3) is 0.250. The van der Waals surface area contributed by atoms with E-state index in [1.165, 1.54) is 6.07 Å². The van der Waals surface area contributed by atoms with Gasteiger partial charge in [0.15, 0.2) is 0 Å². The predicted octanol–water partition coefficient (Wildman–Crippen LogP) is 4.62. The van der Waals surface area contributed by atoms with Gasteiger partial charge in [-0.15, -0.1) is 0 Å². The maximum absolute atomic E-state index is 13.3. The Morgan fingerprint density at radius 3 is 2.67 bits per heavy atom. The third-order valence-electron chi connectivity index (χ3n) is 1.95. The summed E-state index contributed by atoms with van der Waals surface area (Å²) in [5.74, 6) is -0.257. The molecule has 15 heavy (non-hydrogen) atoms. The summed E-state index contributed by atoms with van der Waals surface area (Å²) < 4.78 is 14.0. The second-order valence-electron chi connectivity index (χ2n) is 2.98. The lowest BCUT2D eigenvalue weighted by Crippen LogP contribution is -1.87. The quantitative estimate of drug-likeness (QED) is 0.647. The highest BCUT2D eigenvalue weighted by Crippen LogP contribution is 2.17. The summed E-state index contributed by atoms with van der Waals surface area (Å²) in [5.41, 5.74) is 1.37. The number of hydrogen-bond donors (Lipinski definition) is 1. The lowest BCUT2D eigenvalue weighted by atomic mass is 10.2. The van der Waals surface area contributed by atoms with Crippen molar-refractivity contribution >= 4 is 23.1 Å². The normalized spacial score (nSPS) is 9.60. The Labute approximate surface area is 95.4 Å². The first kappa shape index (κ1) is 11.9. The monoisotopic (exact) mass is 225 g/mol. The number of nitrogens with one attached hydrogen (secondary N) is 1. The molecule has 82 valence electrons. The molecule has 0 atom stereocenters. The molecule has 1 nitrogen and oxygen atoms in total. The molecular formula is C12H16FNS. The van der Waals surface area contributed by atoms with Crippen molar-refractivity contribution < 1.29 is 5.82 Å². The van der Waals surface area contributed by atoms with Crippen LogP contribution in [-0.4, -0.2) is 4.98 Å². The second-order valence-corrected chi connectivity index (χ2v) is 3.42. The number of para-hydroxylation sites is 1. The van der Waals surface area contributed by atoms with Crippen LogP contribution in [0, 0.1) is 17.3 Å². The molecule has 0 aliphatic heterocycles. The number of aryl methyl sites for hydroxylation is 1. The van der Waals surface area contributed by atoms with E-state index in [-0.39, 0.29) is 7.24 Å². The minimum absolute atomic E-state index is 0. The summed E-state index contributed by atoms with van der Waals surface area (Å²) in [6, 6.07) is 6.73. The van der Waals surface area contributed by atoms with Crippen LogP contribution in [0.3, 0.4) is 0 Å². The molecule has 2 aromatic rings. The Hall–Kier alpha value is -1.22. The molecule has 0 fully saturated rings. The van der Waals surface area contributed by atoms with Gasteiger partial charge in [0.25, 0.3) is 0 Å². The molecule has 0 saturated carbocycles. The van der Waals surface area contributed by atoms with Crippen molar-refractivity contribution in [2.24, 2.45) is 0 Å². The molecular weight excluding hydrogens is 209 g/mol. The van der Waals surface area contributed by atoms with Gasteiger partial charge in [-0.2, -0.15) is 0 Å². The molecule has 2 rings (SSSR count). The fourth-order valence-electron chi connectivity index (χ4n) is 1.36. The van der Waals surface area contributed by atoms with Gasteiger partial charge in [-0.3, -0.25) is 0 Å². The smallest absolute Gasteiger partial charge is 0.147 e. The number of hydrogen-bond acceptors (Lipinski definition) is 1. The summed E-state index contributed by atoms with van der Waals surface area (Å²) in [6.45, 7) is 5.86. The Bertz CT molecular complexity index is 522. The van der Waals surface area contributed by atoms with Gasteiger partial charge in [-0.05, 0) is 19.1 Å². The largest absolute Gasteiger partial charge is 0.356 e. The van der Waals surface area contributed by atoms with Crippen molar-refractivity contribution in [1.82, 2.24) is 4.98 Å². The van der Waals surface area contributed by atoms with Crippen LogP contribution in [0.4, 0.5) is 4.39 Å². The molecule has 0 aliphatic rings. The van der Waals surface area contributed by atoms with E-state index in [4.69, 9.17) is 12.2 Å². The lowest BCUT2D eigenvalue weighted by Gasteiger charge is -2.01. The van der Waals surface area contributed by atoms with Crippen LogP contribution in [0.1, 0.15) is 21.0 Å². The molecule has 1 heterocycles. The molecule has 0 amide bonds. The Kier molecular flexibility index (Phi) is 3.97. The summed E-state index contributed by atoms with van der Waals surface area (Å²) >= 11 is 5.11. The average Bonchev–Trinajstić information content (AvgIpc) is 2.23. The molecule has 3 heteroatoms. The van der Waals surface area contributed by atoms with Crippen molar-refractivity contribution in [3.63, 3.8) is 0 Å². The van der Waals surface area contributed by atoms with Crippen molar-refractivity contribution in [3.8, 4) is 0 Å². The van der Waals surface area contributed by atoms with Gasteiger partial charge in [0.05, 0.1) is 5.52 Å². The Balaban J connectivity index is 0.000000711. The summed E-state index contributed by atoms with van der Waals surface area (Å²) in [7, 11) is 0. The Morgan fingerprint density at radius 2 is 2.00 bits per heavy atom. The van der Waals surface area contributed by atoms with Crippen LogP contribution in [-0.2, 0) is 0 Å². The molecule has 0 radical (unpaired) electrons. The maximum Gasteiger partial charge on any atom is 0.147 e. The van der Waals surface area contributed by atoms with Crippen LogP contribution < -0.4 is 0 Å². The minimum atomic E-state index is -0.257. The number of aromatic amines is 1. The van der Waals surface area contributed by atoms with Crippen LogP contribution in [0.15, 0.2) is 24.3 Å². The average molecular weight is 225 g/mol. The first-order valence-corrected chi connectivity index (χ1v) is 5.37. The van der Waals surface area contributed by atoms with Gasteiger partial charge in [-0.1, -0.05) is 38.2 Å². The molecule has 0 saturated heterocycles. The van der Waals surface area contributed by atoms with Gasteiger partial charge in [0.2, 0.25) is 0 Å². The van der Waals surface area contributed by atoms with Crippen molar-refractivity contribution in [2.75, 3.05) is 0 Å². The van der Waals surface area contributed by atoms with E-state index >= 15 is 0 Å². The van der Waals surface area contributed by atoms with E-state index in [2.05, 4.69) is 4.98 Å². The third kappa shape index (κ3) is 2.42. The molecule has 1 aromatic heterocycles. The Morgan fingerprint density at radius 1 is 1.33 bits per heavy atom. The number of H-pyrrole nitrogens is 1. The standard InChI is InChI=1S/C10H8FNS.C2H6.H2/c1-6-5-9(13)7-3-2-4-8(11)10(7)12-6;1-2;/h2-5H,1H3,(H,12,13);1-2H3;1H. The second kappa shape index (κ2) is 5.03. The number of benzene rings is 1. The van der Waals surface area contributed by atoms with Crippen LogP contribution in [0.2, 0.25) is 0 Å². The SMILES string of the molecule is CC.Cc1cc(=S)c2cccc(F)c2[nH]1.[HH]. The zero-order chi connectivity index (χ0) is 11.4. The summed E-state index contributed by atoms with van der Waals surface area (Å²) in [6.07, 6.45) is 0. The van der Waals surface area contributed by atoms with Crippen molar-refractivity contribution in [1.29, 1.82) is 0 Å². The van der Waals surface area contributed by atoms with E-state index in [1.807, 2.05) is 32.9 Å². The van der Waals surface area contributed by atoms with E-state index in [0.717, 1.165) is 11.1 Å². The van der Waals surface area contributed by atoms with Crippen LogP contribution in [0.25, 0.3) is 10.9 Å². The number of pyridine rings is 1. The highest BCUT2D eigenvalue weighted by molar-refractivity contribution is 7.71. The summed E-state index contributed by atoms with van der Waals surface area (Å²) in [4.78, 5) is 2.96. The lowest BCUT2D eigenvalue weighted by molar-refractivity contribution is 0.636. The zero-order valence-corrected chi connectivity index (χ0v) is 9.91. The van der Waals surface area contributed by atoms with Crippen molar-refractivity contribution in [2.45, 2.75) is 20.8 Å². The van der Waals surface area contributed by atoms with E-state index in [0.29, 0.717) is 10.0 Å². The van der Waals surface area contributed by atoms with Gasteiger partial charge < -0.3 is 4.98 Å². The topological polar surface area (TPSA) is 15.8 Å². The molecule has 0 spiro atoms. The molecule has 0 bridgehead atoms. The predicted molar refractivity (Wildman–Crippen MR) is 67.3 cm³/mol. The highest BCUT2D eigenvalue weighted by atomic mass is 32.1. The maximum atomic E-state index is 13.3. The highest BCUT2D eigenvalue weighted by Gasteiger charge is 2.01. The molecule has 1 aromatic carbocycles. The number of aromatic nitrogens is 1. The molecule has 0 unspecified atom stereocenters. The molecule has 0 aliphatic carbocycles. The van der Waals surface area contributed by atoms with Crippen LogP contribution >= 0.6 is 12.2 Å².